The van der Waals surface area contributed by atoms with Gasteiger partial charge < -0.3 is 5.73 Å². The van der Waals surface area contributed by atoms with E-state index in [-0.39, 0.29) is 11.0 Å². The zero-order valence-corrected chi connectivity index (χ0v) is 10.4. The van der Waals surface area contributed by atoms with E-state index in [4.69, 9.17) is 28.9 Å². The van der Waals surface area contributed by atoms with Crippen LogP contribution in [0.3, 0.4) is 0 Å². The predicted octanol–water partition coefficient (Wildman–Crippen LogP) is 3.16. The van der Waals surface area contributed by atoms with E-state index >= 15 is 0 Å². The van der Waals surface area contributed by atoms with Crippen LogP contribution >= 0.6 is 23.2 Å². The Hall–Kier alpha value is -0.310. The fourth-order valence-corrected chi connectivity index (χ4v) is 2.69. The molecular weight excluding hydrogens is 231 g/mol. The summed E-state index contributed by atoms with van der Waals surface area (Å²) in [7, 11) is 0. The number of aromatic nitrogens is 1. The summed E-state index contributed by atoms with van der Waals surface area (Å²) in [6.45, 7) is 4.07. The topological polar surface area (TPSA) is 38.9 Å². The highest BCUT2D eigenvalue weighted by Crippen LogP contribution is 2.56. The molecule has 1 aromatic heterocycles. The lowest BCUT2D eigenvalue weighted by Gasteiger charge is -2.31. The highest BCUT2D eigenvalue weighted by atomic mass is 35.5. The first kappa shape index (κ1) is 11.2. The standard InChI is InChI=1S/C11H14Cl2N2/c1-10(2,14)11(3-4-11)7-6-15-9(13)5-8(7)12/h5-6H,3-4,14H2,1-2H3. The summed E-state index contributed by atoms with van der Waals surface area (Å²) in [5, 5.41) is 1.10. The van der Waals surface area contributed by atoms with Crippen molar-refractivity contribution >= 4 is 23.2 Å². The number of rotatable bonds is 2. The van der Waals surface area contributed by atoms with Gasteiger partial charge in [-0.1, -0.05) is 23.2 Å². The molecule has 0 unspecified atom stereocenters. The van der Waals surface area contributed by atoms with Crippen LogP contribution in [0.4, 0.5) is 0 Å². The second-order valence-electron chi connectivity index (χ2n) is 4.79. The number of nitrogens with two attached hydrogens (primary N) is 1. The molecule has 2 nitrogen and oxygen atoms in total. The number of hydrogen-bond donors (Lipinski definition) is 1. The second-order valence-corrected chi connectivity index (χ2v) is 5.59. The van der Waals surface area contributed by atoms with Gasteiger partial charge in [0.15, 0.2) is 0 Å². The third-order valence-electron chi connectivity index (χ3n) is 3.32. The zero-order valence-electron chi connectivity index (χ0n) is 8.85. The monoisotopic (exact) mass is 244 g/mol. The molecule has 1 saturated carbocycles. The Kier molecular flexibility index (Phi) is 2.49. The molecule has 0 radical (unpaired) electrons. The van der Waals surface area contributed by atoms with Crippen LogP contribution in [0.2, 0.25) is 10.2 Å². The Balaban J connectivity index is 2.47. The van der Waals surface area contributed by atoms with Crippen molar-refractivity contribution in [1.29, 1.82) is 0 Å². The van der Waals surface area contributed by atoms with Crippen LogP contribution in [-0.2, 0) is 5.41 Å². The van der Waals surface area contributed by atoms with Crippen molar-refractivity contribution in [3.63, 3.8) is 0 Å². The Bertz CT molecular complexity index is 392. The van der Waals surface area contributed by atoms with Gasteiger partial charge in [0.1, 0.15) is 5.15 Å². The molecule has 1 aliphatic rings. The van der Waals surface area contributed by atoms with Crippen molar-refractivity contribution in [3.05, 3.63) is 28.0 Å². The summed E-state index contributed by atoms with van der Waals surface area (Å²) < 4.78 is 0. The van der Waals surface area contributed by atoms with E-state index in [1.807, 2.05) is 13.8 Å². The highest BCUT2D eigenvalue weighted by molar-refractivity contribution is 6.34. The fraction of sp³-hybridized carbons (Fsp3) is 0.545. The van der Waals surface area contributed by atoms with Gasteiger partial charge in [-0.3, -0.25) is 0 Å². The first-order valence-corrected chi connectivity index (χ1v) is 5.73. The van der Waals surface area contributed by atoms with Gasteiger partial charge in [-0.15, -0.1) is 0 Å². The third-order valence-corrected chi connectivity index (χ3v) is 3.84. The van der Waals surface area contributed by atoms with E-state index in [0.29, 0.717) is 10.2 Å². The summed E-state index contributed by atoms with van der Waals surface area (Å²) in [6.07, 6.45) is 3.89. The van der Waals surface area contributed by atoms with Crippen LogP contribution in [0.15, 0.2) is 12.3 Å². The average molecular weight is 245 g/mol. The first-order valence-electron chi connectivity index (χ1n) is 4.97. The molecule has 0 amide bonds. The van der Waals surface area contributed by atoms with Gasteiger partial charge >= 0.3 is 0 Å². The first-order chi connectivity index (χ1) is 6.87. The summed E-state index contributed by atoms with van der Waals surface area (Å²) in [6, 6.07) is 1.68. The fourth-order valence-electron chi connectivity index (χ4n) is 2.15. The minimum atomic E-state index is -0.272. The zero-order chi connectivity index (χ0) is 11.3. The largest absolute Gasteiger partial charge is 0.325 e. The van der Waals surface area contributed by atoms with Gasteiger partial charge in [-0.05, 0) is 38.3 Å². The lowest BCUT2D eigenvalue weighted by Crippen LogP contribution is -2.45. The van der Waals surface area contributed by atoms with Gasteiger partial charge in [-0.2, -0.15) is 0 Å². The molecule has 1 aromatic rings. The smallest absolute Gasteiger partial charge is 0.130 e. The van der Waals surface area contributed by atoms with Crippen molar-refractivity contribution in [2.45, 2.75) is 37.6 Å². The molecule has 0 atom stereocenters. The van der Waals surface area contributed by atoms with E-state index in [9.17, 15) is 0 Å². The number of halogens is 2. The van der Waals surface area contributed by atoms with Crippen LogP contribution in [0.1, 0.15) is 32.3 Å². The van der Waals surface area contributed by atoms with Gasteiger partial charge in [0.05, 0.1) is 0 Å². The van der Waals surface area contributed by atoms with E-state index in [0.717, 1.165) is 18.4 Å². The van der Waals surface area contributed by atoms with Crippen LogP contribution in [0.25, 0.3) is 0 Å². The Morgan fingerprint density at radius 1 is 1.40 bits per heavy atom. The van der Waals surface area contributed by atoms with Crippen LogP contribution in [-0.4, -0.2) is 10.5 Å². The molecule has 0 aliphatic heterocycles. The van der Waals surface area contributed by atoms with E-state index < -0.39 is 0 Å². The summed E-state index contributed by atoms with van der Waals surface area (Å²) in [4.78, 5) is 4.09. The maximum absolute atomic E-state index is 6.20. The molecule has 0 bridgehead atoms. The lowest BCUT2D eigenvalue weighted by molar-refractivity contribution is 0.391. The molecule has 2 rings (SSSR count). The van der Waals surface area contributed by atoms with Crippen molar-refractivity contribution in [2.24, 2.45) is 5.73 Å². The molecular formula is C11H14Cl2N2. The molecule has 82 valence electrons. The lowest BCUT2D eigenvalue weighted by atomic mass is 9.80. The number of nitrogens with zero attached hydrogens (tertiary/aromatic N) is 1. The summed E-state index contributed by atoms with van der Waals surface area (Å²) in [5.41, 5.74) is 6.94. The highest BCUT2D eigenvalue weighted by Gasteiger charge is 2.54. The number of pyridine rings is 1. The normalized spacial score (nSPS) is 19.0. The van der Waals surface area contributed by atoms with Crippen LogP contribution < -0.4 is 5.73 Å². The Morgan fingerprint density at radius 2 is 2.00 bits per heavy atom. The third kappa shape index (κ3) is 1.75. The van der Waals surface area contributed by atoms with Crippen molar-refractivity contribution in [3.8, 4) is 0 Å². The molecule has 15 heavy (non-hydrogen) atoms. The van der Waals surface area contributed by atoms with Crippen LogP contribution in [0.5, 0.6) is 0 Å². The molecule has 0 saturated heterocycles. The maximum atomic E-state index is 6.20. The quantitative estimate of drug-likeness (QED) is 0.813. The maximum Gasteiger partial charge on any atom is 0.130 e. The molecule has 4 heteroatoms. The Morgan fingerprint density at radius 3 is 2.40 bits per heavy atom. The summed E-state index contributed by atoms with van der Waals surface area (Å²) in [5.74, 6) is 0. The molecule has 1 fully saturated rings. The van der Waals surface area contributed by atoms with Crippen molar-refractivity contribution < 1.29 is 0 Å². The van der Waals surface area contributed by atoms with Crippen LogP contribution in [0, 0.1) is 0 Å². The van der Waals surface area contributed by atoms with Crippen molar-refractivity contribution in [2.75, 3.05) is 0 Å². The molecule has 1 aliphatic carbocycles. The van der Waals surface area contributed by atoms with E-state index in [1.54, 1.807) is 12.3 Å². The average Bonchev–Trinajstić information content (AvgIpc) is 2.83. The molecule has 0 aromatic carbocycles. The van der Waals surface area contributed by atoms with E-state index in [1.165, 1.54) is 0 Å². The molecule has 2 N–H and O–H groups in total. The summed E-state index contributed by atoms with van der Waals surface area (Å²) >= 11 is 12.0. The predicted molar refractivity (Wildman–Crippen MR) is 63.4 cm³/mol. The minimum absolute atomic E-state index is 0.0122. The SMILES string of the molecule is CC(C)(N)C1(c2cnc(Cl)cc2Cl)CC1. The van der Waals surface area contributed by atoms with Gasteiger partial charge in [0.25, 0.3) is 0 Å². The Labute approximate surface area is 99.8 Å². The molecule has 1 heterocycles. The van der Waals surface area contributed by atoms with Gasteiger partial charge in [0, 0.05) is 22.2 Å². The van der Waals surface area contributed by atoms with Crippen molar-refractivity contribution in [1.82, 2.24) is 4.98 Å². The van der Waals surface area contributed by atoms with E-state index in [2.05, 4.69) is 4.98 Å². The van der Waals surface area contributed by atoms with Gasteiger partial charge in [-0.25, -0.2) is 4.98 Å². The molecule has 0 spiro atoms. The second kappa shape index (κ2) is 3.34. The van der Waals surface area contributed by atoms with Gasteiger partial charge in [0.2, 0.25) is 0 Å². The number of hydrogen-bond acceptors (Lipinski definition) is 2. The minimum Gasteiger partial charge on any atom is -0.325 e.